The number of hydrogen-bond acceptors (Lipinski definition) is 3. The monoisotopic (exact) mass is 227 g/mol. The van der Waals surface area contributed by atoms with Crippen molar-refractivity contribution in [3.8, 4) is 0 Å². The van der Waals surface area contributed by atoms with Crippen molar-refractivity contribution in [3.63, 3.8) is 0 Å². The maximum Gasteiger partial charge on any atom is 0.0570 e. The molecule has 3 heteroatoms. The van der Waals surface area contributed by atoms with Crippen LogP contribution in [0.5, 0.6) is 0 Å². The van der Waals surface area contributed by atoms with Gasteiger partial charge in [0.1, 0.15) is 0 Å². The van der Waals surface area contributed by atoms with E-state index < -0.39 is 0 Å². The van der Waals surface area contributed by atoms with Crippen LogP contribution in [-0.4, -0.2) is 9.97 Å². The Morgan fingerprint density at radius 1 is 1.18 bits per heavy atom. The van der Waals surface area contributed by atoms with Crippen LogP contribution in [0.4, 0.5) is 0 Å². The van der Waals surface area contributed by atoms with Crippen LogP contribution in [0.3, 0.4) is 0 Å². The van der Waals surface area contributed by atoms with E-state index in [2.05, 4.69) is 35.2 Å². The van der Waals surface area contributed by atoms with Crippen LogP contribution in [0.1, 0.15) is 29.8 Å². The number of rotatable bonds is 4. The number of pyridine rings is 2. The number of aryl methyl sites for hydroxylation is 1. The SMILES string of the molecule is Cc1cccnc1CN[C@@H](C)c1ccncc1. The fourth-order valence-electron chi connectivity index (χ4n) is 1.72. The maximum absolute atomic E-state index is 4.37. The van der Waals surface area contributed by atoms with E-state index in [1.54, 1.807) is 0 Å². The van der Waals surface area contributed by atoms with Crippen molar-refractivity contribution in [2.24, 2.45) is 0 Å². The third-order valence-corrected chi connectivity index (χ3v) is 2.90. The lowest BCUT2D eigenvalue weighted by molar-refractivity contribution is 0.565. The maximum atomic E-state index is 4.37. The van der Waals surface area contributed by atoms with Crippen molar-refractivity contribution in [2.45, 2.75) is 26.4 Å². The highest BCUT2D eigenvalue weighted by Gasteiger charge is 2.05. The molecular formula is C14H17N3. The van der Waals surface area contributed by atoms with Crippen LogP contribution in [-0.2, 0) is 6.54 Å². The normalized spacial score (nSPS) is 12.4. The van der Waals surface area contributed by atoms with Crippen LogP contribution in [0, 0.1) is 6.92 Å². The Kier molecular flexibility index (Phi) is 3.83. The van der Waals surface area contributed by atoms with Crippen molar-refractivity contribution < 1.29 is 0 Å². The molecule has 0 amide bonds. The summed E-state index contributed by atoms with van der Waals surface area (Å²) < 4.78 is 0. The fraction of sp³-hybridized carbons (Fsp3) is 0.286. The molecule has 0 bridgehead atoms. The van der Waals surface area contributed by atoms with Gasteiger partial charge in [0.05, 0.1) is 5.69 Å². The lowest BCUT2D eigenvalue weighted by atomic mass is 10.1. The molecule has 0 unspecified atom stereocenters. The summed E-state index contributed by atoms with van der Waals surface area (Å²) in [4.78, 5) is 8.39. The van der Waals surface area contributed by atoms with Gasteiger partial charge < -0.3 is 5.32 Å². The zero-order valence-electron chi connectivity index (χ0n) is 10.2. The summed E-state index contributed by atoms with van der Waals surface area (Å²) >= 11 is 0. The molecule has 3 nitrogen and oxygen atoms in total. The van der Waals surface area contributed by atoms with Crippen molar-refractivity contribution in [2.75, 3.05) is 0 Å². The fourth-order valence-corrected chi connectivity index (χ4v) is 1.72. The highest BCUT2D eigenvalue weighted by atomic mass is 14.9. The van der Waals surface area contributed by atoms with E-state index in [1.165, 1.54) is 11.1 Å². The number of aromatic nitrogens is 2. The van der Waals surface area contributed by atoms with E-state index in [1.807, 2.05) is 36.8 Å². The first-order valence-corrected chi connectivity index (χ1v) is 5.81. The Balaban J connectivity index is 1.97. The van der Waals surface area contributed by atoms with Crippen molar-refractivity contribution in [1.82, 2.24) is 15.3 Å². The molecule has 2 rings (SSSR count). The van der Waals surface area contributed by atoms with Gasteiger partial charge in [-0.3, -0.25) is 9.97 Å². The summed E-state index contributed by atoms with van der Waals surface area (Å²) in [6.45, 7) is 5.02. The Morgan fingerprint density at radius 3 is 2.65 bits per heavy atom. The van der Waals surface area contributed by atoms with Gasteiger partial charge in [-0.05, 0) is 43.2 Å². The molecular weight excluding hydrogens is 210 g/mol. The summed E-state index contributed by atoms with van der Waals surface area (Å²) in [6, 6.07) is 8.41. The van der Waals surface area contributed by atoms with Gasteiger partial charge in [-0.1, -0.05) is 6.07 Å². The average molecular weight is 227 g/mol. The molecule has 0 aliphatic carbocycles. The molecule has 0 fully saturated rings. The molecule has 2 heterocycles. The standard InChI is InChI=1S/C14H17N3/c1-11-4-3-7-16-14(11)10-17-12(2)13-5-8-15-9-6-13/h3-9,12,17H,10H2,1-2H3/t12-/m0/s1. The highest BCUT2D eigenvalue weighted by molar-refractivity contribution is 5.18. The van der Waals surface area contributed by atoms with E-state index in [-0.39, 0.29) is 0 Å². The molecule has 0 aliphatic heterocycles. The zero-order chi connectivity index (χ0) is 12.1. The van der Waals surface area contributed by atoms with Crippen LogP contribution in [0.25, 0.3) is 0 Å². The van der Waals surface area contributed by atoms with E-state index in [9.17, 15) is 0 Å². The molecule has 1 atom stereocenters. The largest absolute Gasteiger partial charge is 0.305 e. The van der Waals surface area contributed by atoms with Gasteiger partial charge in [-0.15, -0.1) is 0 Å². The third-order valence-electron chi connectivity index (χ3n) is 2.90. The summed E-state index contributed by atoms with van der Waals surface area (Å²) in [5, 5.41) is 3.47. The molecule has 17 heavy (non-hydrogen) atoms. The lowest BCUT2D eigenvalue weighted by Gasteiger charge is -2.14. The van der Waals surface area contributed by atoms with Gasteiger partial charge in [0.25, 0.3) is 0 Å². The topological polar surface area (TPSA) is 37.8 Å². The van der Waals surface area contributed by atoms with Crippen LogP contribution in [0.15, 0.2) is 42.9 Å². The molecule has 0 radical (unpaired) electrons. The summed E-state index contributed by atoms with van der Waals surface area (Å²) in [5.74, 6) is 0. The number of nitrogens with zero attached hydrogens (tertiary/aromatic N) is 2. The first-order chi connectivity index (χ1) is 8.27. The van der Waals surface area contributed by atoms with Crippen molar-refractivity contribution >= 4 is 0 Å². The second-order valence-electron chi connectivity index (χ2n) is 4.15. The lowest BCUT2D eigenvalue weighted by Crippen LogP contribution is -2.19. The van der Waals surface area contributed by atoms with E-state index in [0.29, 0.717) is 6.04 Å². The Labute approximate surface area is 102 Å². The smallest absolute Gasteiger partial charge is 0.0570 e. The predicted octanol–water partition coefficient (Wildman–Crippen LogP) is 2.64. The van der Waals surface area contributed by atoms with Gasteiger partial charge in [0, 0.05) is 31.2 Å². The van der Waals surface area contributed by atoms with Crippen molar-refractivity contribution in [3.05, 3.63) is 59.7 Å². The van der Waals surface area contributed by atoms with Gasteiger partial charge in [0.15, 0.2) is 0 Å². The molecule has 1 N–H and O–H groups in total. The molecule has 0 aliphatic rings. The number of hydrogen-bond donors (Lipinski definition) is 1. The predicted molar refractivity (Wildman–Crippen MR) is 68.5 cm³/mol. The van der Waals surface area contributed by atoms with Crippen LogP contribution in [0.2, 0.25) is 0 Å². The van der Waals surface area contributed by atoms with E-state index >= 15 is 0 Å². The molecule has 88 valence electrons. The minimum Gasteiger partial charge on any atom is -0.305 e. The Bertz CT molecular complexity index is 468. The van der Waals surface area contributed by atoms with Crippen LogP contribution >= 0.6 is 0 Å². The van der Waals surface area contributed by atoms with Gasteiger partial charge in [0.2, 0.25) is 0 Å². The molecule has 0 spiro atoms. The Morgan fingerprint density at radius 2 is 1.94 bits per heavy atom. The number of nitrogens with one attached hydrogen (secondary N) is 1. The highest BCUT2D eigenvalue weighted by Crippen LogP contribution is 2.11. The first-order valence-electron chi connectivity index (χ1n) is 5.81. The summed E-state index contributed by atoms with van der Waals surface area (Å²) in [7, 11) is 0. The van der Waals surface area contributed by atoms with Gasteiger partial charge >= 0.3 is 0 Å². The van der Waals surface area contributed by atoms with Crippen LogP contribution < -0.4 is 5.32 Å². The van der Waals surface area contributed by atoms with E-state index in [4.69, 9.17) is 0 Å². The third kappa shape index (κ3) is 3.11. The minimum absolute atomic E-state index is 0.305. The van der Waals surface area contributed by atoms with Gasteiger partial charge in [-0.25, -0.2) is 0 Å². The molecule has 0 saturated heterocycles. The quantitative estimate of drug-likeness (QED) is 0.872. The molecule has 2 aromatic heterocycles. The molecule has 0 aromatic carbocycles. The average Bonchev–Trinajstić information content (AvgIpc) is 2.38. The Hall–Kier alpha value is -1.74. The molecule has 2 aromatic rings. The second kappa shape index (κ2) is 5.55. The first kappa shape index (κ1) is 11.7. The minimum atomic E-state index is 0.305. The zero-order valence-corrected chi connectivity index (χ0v) is 10.2. The van der Waals surface area contributed by atoms with Gasteiger partial charge in [-0.2, -0.15) is 0 Å². The van der Waals surface area contributed by atoms with E-state index in [0.717, 1.165) is 12.2 Å². The molecule has 0 saturated carbocycles. The summed E-state index contributed by atoms with van der Waals surface area (Å²) in [6.07, 6.45) is 5.47. The second-order valence-corrected chi connectivity index (χ2v) is 4.15. The van der Waals surface area contributed by atoms with Crippen molar-refractivity contribution in [1.29, 1.82) is 0 Å². The summed E-state index contributed by atoms with van der Waals surface area (Å²) in [5.41, 5.74) is 3.57.